The topological polar surface area (TPSA) is 121 Å². The van der Waals surface area contributed by atoms with E-state index in [-0.39, 0.29) is 13.2 Å². The molecule has 0 saturated heterocycles. The van der Waals surface area contributed by atoms with Gasteiger partial charge in [-0.3, -0.25) is 4.79 Å². The third-order valence-corrected chi connectivity index (χ3v) is 6.47. The minimum Gasteiger partial charge on any atom is -0.490 e. The summed E-state index contributed by atoms with van der Waals surface area (Å²) in [6.07, 6.45) is 0.723. The maximum atomic E-state index is 11.2. The molecule has 212 valence electrons. The molecule has 1 aromatic heterocycles. The molecule has 0 fully saturated rings. The molecule has 0 unspecified atom stereocenters. The zero-order valence-corrected chi connectivity index (χ0v) is 24.0. The monoisotopic (exact) mass is 538 g/mol. The number of rotatable bonds is 14. The predicted molar refractivity (Wildman–Crippen MR) is 151 cm³/mol. The highest BCUT2D eigenvalue weighted by atomic mass is 16.5. The van der Waals surface area contributed by atoms with E-state index < -0.39 is 18.6 Å². The molecule has 0 aliphatic carbocycles. The molecule has 0 saturated carbocycles. The zero-order valence-electron chi connectivity index (χ0n) is 24.0. The predicted octanol–water partition coefficient (Wildman–Crippen LogP) is 3.77. The maximum Gasteiger partial charge on any atom is 0.258 e. The largest absolute Gasteiger partial charge is 0.490 e. The van der Waals surface area contributed by atoms with Crippen LogP contribution in [0.5, 0.6) is 5.75 Å². The molecule has 9 heteroatoms. The fourth-order valence-electron chi connectivity index (χ4n) is 4.65. The molecule has 9 nitrogen and oxygen atoms in total. The van der Waals surface area contributed by atoms with Gasteiger partial charge in [0, 0.05) is 30.8 Å². The molecule has 0 aliphatic rings. The quantitative estimate of drug-likeness (QED) is 0.284. The lowest BCUT2D eigenvalue weighted by Gasteiger charge is -2.20. The van der Waals surface area contributed by atoms with Crippen LogP contribution in [0.1, 0.15) is 49.9 Å². The van der Waals surface area contributed by atoms with Gasteiger partial charge in [-0.05, 0) is 79.3 Å². The van der Waals surface area contributed by atoms with E-state index in [9.17, 15) is 9.90 Å². The number of aliphatic hydroxyl groups excluding tert-OH is 2. The highest BCUT2D eigenvalue weighted by Crippen LogP contribution is 2.31. The van der Waals surface area contributed by atoms with E-state index in [4.69, 9.17) is 19.4 Å². The van der Waals surface area contributed by atoms with E-state index in [1.165, 1.54) is 11.1 Å². The van der Waals surface area contributed by atoms with Gasteiger partial charge in [0.25, 0.3) is 5.89 Å². The Labute approximate surface area is 231 Å². The van der Waals surface area contributed by atoms with Crippen LogP contribution < -0.4 is 10.1 Å². The first kappa shape index (κ1) is 30.3. The molecule has 1 atom stereocenters. The lowest BCUT2D eigenvalue weighted by molar-refractivity contribution is -0.124. The Kier molecular flexibility index (Phi) is 11.0. The molecule has 3 N–H and O–H groups in total. The molecule has 39 heavy (non-hydrogen) atoms. The summed E-state index contributed by atoms with van der Waals surface area (Å²) in [5.41, 5.74) is 6.13. The Bertz CT molecular complexity index is 1240. The third-order valence-electron chi connectivity index (χ3n) is 6.47. The Hall–Kier alpha value is -3.27. The fraction of sp³-hybridized carbons (Fsp3) is 0.500. The number of aryl methyl sites for hydroxylation is 3. The molecular weight excluding hydrogens is 496 g/mol. The molecule has 0 bridgehead atoms. The van der Waals surface area contributed by atoms with Gasteiger partial charge in [-0.2, -0.15) is 4.98 Å². The standard InChI is InChI=1S/C30H42N4O5/c1-7-21-12-23(9-10-24(21)16-34(6)15-19(3)4)30-32-29(33-39-30)25-11-20(5)28(22(8-2)13-25)38-18-26(36)14-31-27(37)17-35/h9-13,19,26,35-36H,7-8,14-18H2,1-6H3,(H,31,37)/t26-/m0/s1. The van der Waals surface area contributed by atoms with Crippen molar-refractivity contribution in [3.05, 3.63) is 52.6 Å². The highest BCUT2D eigenvalue weighted by molar-refractivity contribution is 5.76. The number of carbonyl (C=O) groups excluding carboxylic acids is 1. The van der Waals surface area contributed by atoms with Crippen molar-refractivity contribution in [2.75, 3.05) is 33.4 Å². The second-order valence-electron chi connectivity index (χ2n) is 10.4. The van der Waals surface area contributed by atoms with Crippen molar-refractivity contribution in [1.82, 2.24) is 20.4 Å². The van der Waals surface area contributed by atoms with Crippen LogP contribution in [0.2, 0.25) is 0 Å². The third kappa shape index (κ3) is 8.36. The molecule has 0 aliphatic heterocycles. The molecule has 3 aromatic rings. The number of nitrogens with zero attached hydrogens (tertiary/aromatic N) is 3. The Morgan fingerprint density at radius 1 is 1.10 bits per heavy atom. The van der Waals surface area contributed by atoms with E-state index in [2.05, 4.69) is 55.3 Å². The first-order valence-corrected chi connectivity index (χ1v) is 13.6. The lowest BCUT2D eigenvalue weighted by Crippen LogP contribution is -2.36. The van der Waals surface area contributed by atoms with Crippen LogP contribution in [0.3, 0.4) is 0 Å². The Balaban J connectivity index is 1.76. The van der Waals surface area contributed by atoms with Crippen molar-refractivity contribution in [2.24, 2.45) is 5.92 Å². The minimum atomic E-state index is -0.904. The van der Waals surface area contributed by atoms with Gasteiger partial charge in [0.15, 0.2) is 0 Å². The number of hydrogen-bond acceptors (Lipinski definition) is 8. The second-order valence-corrected chi connectivity index (χ2v) is 10.4. The summed E-state index contributed by atoms with van der Waals surface area (Å²) in [6.45, 7) is 11.9. The lowest BCUT2D eigenvalue weighted by atomic mass is 10.0. The maximum absolute atomic E-state index is 11.2. The highest BCUT2D eigenvalue weighted by Gasteiger charge is 2.17. The smallest absolute Gasteiger partial charge is 0.258 e. The van der Waals surface area contributed by atoms with Crippen LogP contribution in [-0.2, 0) is 24.2 Å². The number of benzene rings is 2. The minimum absolute atomic E-state index is 0.00100. The van der Waals surface area contributed by atoms with E-state index in [0.717, 1.165) is 41.8 Å². The van der Waals surface area contributed by atoms with E-state index in [1.54, 1.807) is 0 Å². The van der Waals surface area contributed by atoms with Gasteiger partial charge in [0.1, 0.15) is 25.1 Å². The van der Waals surface area contributed by atoms with Gasteiger partial charge >= 0.3 is 0 Å². The van der Waals surface area contributed by atoms with Crippen molar-refractivity contribution < 1.29 is 24.3 Å². The first-order valence-electron chi connectivity index (χ1n) is 13.6. The average molecular weight is 539 g/mol. The molecule has 2 aromatic carbocycles. The van der Waals surface area contributed by atoms with Gasteiger partial charge in [-0.25, -0.2) is 0 Å². The van der Waals surface area contributed by atoms with Gasteiger partial charge in [-0.1, -0.05) is 38.9 Å². The number of amides is 1. The Morgan fingerprint density at radius 2 is 1.82 bits per heavy atom. The number of aromatic nitrogens is 2. The molecule has 1 heterocycles. The van der Waals surface area contributed by atoms with Crippen LogP contribution in [0, 0.1) is 12.8 Å². The van der Waals surface area contributed by atoms with Crippen LogP contribution in [0.25, 0.3) is 22.8 Å². The average Bonchev–Trinajstić information content (AvgIpc) is 3.40. The summed E-state index contributed by atoms with van der Waals surface area (Å²) in [5.74, 6) is 1.74. The molecular formula is C30H42N4O5. The Morgan fingerprint density at radius 3 is 2.49 bits per heavy atom. The fourth-order valence-corrected chi connectivity index (χ4v) is 4.65. The second kappa shape index (κ2) is 14.2. The number of nitrogens with one attached hydrogen (secondary N) is 1. The number of hydrogen-bond donors (Lipinski definition) is 3. The van der Waals surface area contributed by atoms with E-state index in [0.29, 0.717) is 29.8 Å². The normalized spacial score (nSPS) is 12.3. The van der Waals surface area contributed by atoms with Crippen LogP contribution in [0.15, 0.2) is 34.9 Å². The summed E-state index contributed by atoms with van der Waals surface area (Å²) in [4.78, 5) is 18.2. The number of carbonyl (C=O) groups is 1. The van der Waals surface area contributed by atoms with E-state index in [1.807, 2.05) is 32.0 Å². The summed E-state index contributed by atoms with van der Waals surface area (Å²) in [6, 6.07) is 10.3. The van der Waals surface area contributed by atoms with Crippen molar-refractivity contribution in [2.45, 2.75) is 60.1 Å². The molecule has 0 radical (unpaired) electrons. The van der Waals surface area contributed by atoms with Crippen LogP contribution >= 0.6 is 0 Å². The molecule has 0 spiro atoms. The number of aliphatic hydroxyl groups is 2. The zero-order chi connectivity index (χ0) is 28.5. The number of ether oxygens (including phenoxy) is 1. The van der Waals surface area contributed by atoms with Gasteiger partial charge in [0.2, 0.25) is 11.7 Å². The van der Waals surface area contributed by atoms with Gasteiger partial charge in [-0.15, -0.1) is 0 Å². The summed E-state index contributed by atoms with van der Waals surface area (Å²) >= 11 is 0. The van der Waals surface area contributed by atoms with Crippen molar-refractivity contribution in [3.63, 3.8) is 0 Å². The van der Waals surface area contributed by atoms with E-state index >= 15 is 0 Å². The van der Waals surface area contributed by atoms with Crippen LogP contribution in [-0.4, -0.2) is 70.6 Å². The van der Waals surface area contributed by atoms with Crippen molar-refractivity contribution >= 4 is 5.91 Å². The summed E-state index contributed by atoms with van der Waals surface area (Å²) in [5, 5.41) is 25.6. The van der Waals surface area contributed by atoms with Crippen molar-refractivity contribution in [1.29, 1.82) is 0 Å². The first-order chi connectivity index (χ1) is 18.6. The molecule has 3 rings (SSSR count). The van der Waals surface area contributed by atoms with Crippen molar-refractivity contribution in [3.8, 4) is 28.6 Å². The van der Waals surface area contributed by atoms with Crippen LogP contribution in [0.4, 0.5) is 0 Å². The summed E-state index contributed by atoms with van der Waals surface area (Å²) in [7, 11) is 2.15. The van der Waals surface area contributed by atoms with Gasteiger partial charge < -0.3 is 29.7 Å². The summed E-state index contributed by atoms with van der Waals surface area (Å²) < 4.78 is 11.6. The molecule has 1 amide bonds. The SMILES string of the molecule is CCc1cc(-c2nc(-c3cc(C)c(OC[C@@H](O)CNC(=O)CO)c(CC)c3)no2)ccc1CN(C)CC(C)C. The van der Waals surface area contributed by atoms with Gasteiger partial charge in [0.05, 0.1) is 0 Å².